The quantitative estimate of drug-likeness (QED) is 0.532. The fraction of sp³-hybridized carbons (Fsp3) is 0.273. The van der Waals surface area contributed by atoms with Gasteiger partial charge in [-0.05, 0) is 43.2 Å². The van der Waals surface area contributed by atoms with Crippen molar-refractivity contribution < 1.29 is 14.0 Å². The number of amides is 2. The van der Waals surface area contributed by atoms with E-state index >= 15 is 0 Å². The molecule has 0 saturated carbocycles. The molecule has 8 heteroatoms. The predicted molar refractivity (Wildman–Crippen MR) is 113 cm³/mol. The number of ketones is 1. The first-order valence-corrected chi connectivity index (χ1v) is 10.6. The first-order chi connectivity index (χ1) is 14.5. The minimum Gasteiger partial charge on any atom is -0.318 e. The highest BCUT2D eigenvalue weighted by atomic mass is 32.1. The molecule has 0 atom stereocenters. The number of halogens is 1. The third-order valence-electron chi connectivity index (χ3n) is 5.00. The number of urea groups is 1. The minimum absolute atomic E-state index is 0.000817. The Morgan fingerprint density at radius 2 is 2.00 bits per heavy atom. The lowest BCUT2D eigenvalue weighted by atomic mass is 10.1. The molecule has 0 N–H and O–H groups in total. The molecule has 1 aliphatic heterocycles. The number of benzene rings is 1. The van der Waals surface area contributed by atoms with E-state index in [-0.39, 0.29) is 17.6 Å². The first-order valence-electron chi connectivity index (χ1n) is 9.71. The summed E-state index contributed by atoms with van der Waals surface area (Å²) in [5, 5.41) is 2.96. The summed E-state index contributed by atoms with van der Waals surface area (Å²) < 4.78 is 13.1. The van der Waals surface area contributed by atoms with Gasteiger partial charge in [0.25, 0.3) is 0 Å². The Bertz CT molecular complexity index is 1070. The molecule has 1 saturated heterocycles. The lowest BCUT2D eigenvalue weighted by Gasteiger charge is -2.18. The van der Waals surface area contributed by atoms with Crippen LogP contribution in [0.4, 0.5) is 15.0 Å². The third kappa shape index (κ3) is 4.54. The summed E-state index contributed by atoms with van der Waals surface area (Å²) in [6.07, 6.45) is 2.51. The van der Waals surface area contributed by atoms with Crippen molar-refractivity contribution >= 4 is 29.0 Å². The van der Waals surface area contributed by atoms with E-state index in [1.165, 1.54) is 12.1 Å². The van der Waals surface area contributed by atoms with E-state index < -0.39 is 0 Å². The van der Waals surface area contributed by atoms with Gasteiger partial charge in [-0.25, -0.2) is 19.2 Å². The van der Waals surface area contributed by atoms with Gasteiger partial charge in [0.2, 0.25) is 0 Å². The second kappa shape index (κ2) is 8.71. The molecule has 30 heavy (non-hydrogen) atoms. The average molecular weight is 425 g/mol. The molecule has 3 aromatic rings. The van der Waals surface area contributed by atoms with Gasteiger partial charge in [0.1, 0.15) is 11.6 Å². The Morgan fingerprint density at radius 1 is 1.20 bits per heavy atom. The molecular weight excluding hydrogens is 403 g/mol. The highest BCUT2D eigenvalue weighted by Crippen LogP contribution is 2.22. The van der Waals surface area contributed by atoms with Crippen LogP contribution < -0.4 is 4.90 Å². The van der Waals surface area contributed by atoms with Crippen LogP contribution in [0.1, 0.15) is 33.0 Å². The van der Waals surface area contributed by atoms with Crippen molar-refractivity contribution in [1.29, 1.82) is 0 Å². The molecule has 1 aliphatic rings. The molecule has 3 heterocycles. The summed E-state index contributed by atoms with van der Waals surface area (Å²) >= 11 is 1.57. The number of hydrogen-bond donors (Lipinski definition) is 0. The maximum Gasteiger partial charge on any atom is 0.326 e. The topological polar surface area (TPSA) is 66.4 Å². The molecule has 1 fully saturated rings. The number of rotatable bonds is 7. The molecule has 6 nitrogen and oxygen atoms in total. The summed E-state index contributed by atoms with van der Waals surface area (Å²) in [7, 11) is 0. The SMILES string of the molecule is Cc1nc(CCC(=O)c2ccnc(N3CCN(Cc4ccc(F)cc4)C3=O)c2)cs1. The van der Waals surface area contributed by atoms with E-state index in [9.17, 15) is 14.0 Å². The summed E-state index contributed by atoms with van der Waals surface area (Å²) in [6, 6.07) is 9.30. The van der Waals surface area contributed by atoms with E-state index in [0.717, 1.165) is 16.3 Å². The van der Waals surface area contributed by atoms with E-state index in [1.54, 1.807) is 51.6 Å². The standard InChI is InChI=1S/C22H21FN4O2S/c1-15-25-19(14-30-15)6-7-20(28)17-8-9-24-21(12-17)27-11-10-26(22(27)29)13-16-2-4-18(23)5-3-16/h2-5,8-9,12,14H,6-7,10-11,13H2,1H3. The van der Waals surface area contributed by atoms with Gasteiger partial charge in [0, 0.05) is 43.2 Å². The van der Waals surface area contributed by atoms with Crippen LogP contribution in [0.3, 0.4) is 0 Å². The highest BCUT2D eigenvalue weighted by Gasteiger charge is 2.30. The Balaban J connectivity index is 1.41. The number of aromatic nitrogens is 2. The smallest absolute Gasteiger partial charge is 0.318 e. The zero-order valence-electron chi connectivity index (χ0n) is 16.5. The maximum atomic E-state index is 13.1. The van der Waals surface area contributed by atoms with Crippen LogP contribution in [0.5, 0.6) is 0 Å². The van der Waals surface area contributed by atoms with Crippen molar-refractivity contribution in [3.05, 3.63) is 75.6 Å². The Hall–Kier alpha value is -3.13. The first kappa shape index (κ1) is 20.2. The molecule has 0 spiro atoms. The lowest BCUT2D eigenvalue weighted by Crippen LogP contribution is -2.32. The summed E-state index contributed by atoms with van der Waals surface area (Å²) in [4.78, 5) is 37.4. The van der Waals surface area contributed by atoms with Crippen molar-refractivity contribution in [3.63, 3.8) is 0 Å². The van der Waals surface area contributed by atoms with E-state index in [1.807, 2.05) is 12.3 Å². The zero-order chi connectivity index (χ0) is 21.1. The van der Waals surface area contributed by atoms with Gasteiger partial charge in [-0.3, -0.25) is 9.69 Å². The van der Waals surface area contributed by atoms with Crippen LogP contribution >= 0.6 is 11.3 Å². The molecule has 0 aliphatic carbocycles. The number of thiazole rings is 1. The van der Waals surface area contributed by atoms with Crippen molar-refractivity contribution in [3.8, 4) is 0 Å². The number of anilines is 1. The number of carbonyl (C=O) groups is 2. The van der Waals surface area contributed by atoms with Gasteiger partial charge >= 0.3 is 6.03 Å². The van der Waals surface area contributed by atoms with Gasteiger partial charge in [-0.1, -0.05) is 12.1 Å². The number of Topliss-reactive ketones (excluding diaryl/α,β-unsaturated/α-hetero) is 1. The van der Waals surface area contributed by atoms with Crippen LogP contribution in [0.15, 0.2) is 48.0 Å². The van der Waals surface area contributed by atoms with Gasteiger partial charge in [-0.15, -0.1) is 11.3 Å². The summed E-state index contributed by atoms with van der Waals surface area (Å²) in [6.45, 7) is 3.38. The molecular formula is C22H21FN4O2S. The Kier molecular flexibility index (Phi) is 5.85. The van der Waals surface area contributed by atoms with E-state index in [0.29, 0.717) is 43.9 Å². The number of aryl methyl sites for hydroxylation is 2. The van der Waals surface area contributed by atoms with Gasteiger partial charge in [0.15, 0.2) is 5.78 Å². The second-order valence-corrected chi connectivity index (χ2v) is 8.23. The monoisotopic (exact) mass is 424 g/mol. The average Bonchev–Trinajstić information content (AvgIpc) is 3.33. The summed E-state index contributed by atoms with van der Waals surface area (Å²) in [5.41, 5.74) is 2.32. The number of pyridine rings is 1. The fourth-order valence-corrected chi connectivity index (χ4v) is 4.05. The maximum absolute atomic E-state index is 13.1. The van der Waals surface area contributed by atoms with Crippen molar-refractivity contribution in [2.75, 3.05) is 18.0 Å². The van der Waals surface area contributed by atoms with Gasteiger partial charge in [-0.2, -0.15) is 0 Å². The number of nitrogens with zero attached hydrogens (tertiary/aromatic N) is 4. The lowest BCUT2D eigenvalue weighted by molar-refractivity contribution is 0.0982. The van der Waals surface area contributed by atoms with Gasteiger partial charge < -0.3 is 4.90 Å². The fourth-order valence-electron chi connectivity index (χ4n) is 3.40. The molecule has 0 unspecified atom stereocenters. The second-order valence-electron chi connectivity index (χ2n) is 7.17. The Morgan fingerprint density at radius 3 is 2.73 bits per heavy atom. The van der Waals surface area contributed by atoms with Crippen molar-refractivity contribution in [2.45, 2.75) is 26.3 Å². The van der Waals surface area contributed by atoms with Crippen molar-refractivity contribution in [2.24, 2.45) is 0 Å². The molecule has 1 aromatic carbocycles. The van der Waals surface area contributed by atoms with Gasteiger partial charge in [0.05, 0.1) is 10.7 Å². The number of carbonyl (C=O) groups excluding carboxylic acids is 2. The minimum atomic E-state index is -0.302. The predicted octanol–water partition coefficient (Wildman–Crippen LogP) is 4.24. The zero-order valence-corrected chi connectivity index (χ0v) is 17.4. The van der Waals surface area contributed by atoms with Crippen LogP contribution in [-0.2, 0) is 13.0 Å². The molecule has 0 bridgehead atoms. The van der Waals surface area contributed by atoms with Crippen molar-refractivity contribution in [1.82, 2.24) is 14.9 Å². The molecule has 2 amide bonds. The Labute approximate surface area is 178 Å². The highest BCUT2D eigenvalue weighted by molar-refractivity contribution is 7.09. The third-order valence-corrected chi connectivity index (χ3v) is 5.82. The molecule has 154 valence electrons. The van der Waals surface area contributed by atoms with Crippen LogP contribution in [0.2, 0.25) is 0 Å². The van der Waals surface area contributed by atoms with Crippen LogP contribution in [0.25, 0.3) is 0 Å². The molecule has 2 aromatic heterocycles. The number of hydrogen-bond acceptors (Lipinski definition) is 5. The van der Waals surface area contributed by atoms with E-state index in [2.05, 4.69) is 9.97 Å². The molecule has 4 rings (SSSR count). The van der Waals surface area contributed by atoms with Crippen LogP contribution in [0, 0.1) is 12.7 Å². The van der Waals surface area contributed by atoms with Crippen LogP contribution in [-0.4, -0.2) is 39.8 Å². The normalized spacial score (nSPS) is 13.9. The van der Waals surface area contributed by atoms with E-state index in [4.69, 9.17) is 0 Å². The largest absolute Gasteiger partial charge is 0.326 e. The molecule has 0 radical (unpaired) electrons. The summed E-state index contributed by atoms with van der Waals surface area (Å²) in [5.74, 6) is 0.166.